The lowest BCUT2D eigenvalue weighted by molar-refractivity contribution is 0.0945. The second-order valence-corrected chi connectivity index (χ2v) is 6.04. The Hall–Kier alpha value is -0.0500. The molecule has 1 nitrogen and oxygen atoms in total. The van der Waals surface area contributed by atoms with E-state index in [0.717, 1.165) is 22.7 Å². The lowest BCUT2D eigenvalue weighted by Gasteiger charge is -2.24. The fourth-order valence-corrected chi connectivity index (χ4v) is 3.78. The highest BCUT2D eigenvalue weighted by Gasteiger charge is 2.24. The summed E-state index contributed by atoms with van der Waals surface area (Å²) in [6, 6.07) is 1.88. The van der Waals surface area contributed by atoms with Gasteiger partial charge in [-0.15, -0.1) is 11.3 Å². The van der Waals surface area contributed by atoms with Crippen LogP contribution >= 0.6 is 22.9 Å². The molecule has 3 heteroatoms. The van der Waals surface area contributed by atoms with E-state index < -0.39 is 0 Å². The van der Waals surface area contributed by atoms with Crippen LogP contribution in [0.15, 0.2) is 11.4 Å². The molecule has 0 aliphatic heterocycles. The Balaban J connectivity index is 2.02. The topological polar surface area (TPSA) is 20.2 Å². The van der Waals surface area contributed by atoms with Crippen molar-refractivity contribution in [3.05, 3.63) is 21.3 Å². The molecule has 1 unspecified atom stereocenters. The molecule has 1 aromatic heterocycles. The first-order chi connectivity index (χ1) is 7.79. The molecule has 0 amide bonds. The Morgan fingerprint density at radius 2 is 1.81 bits per heavy atom. The number of thiophene rings is 1. The molecule has 0 spiro atoms. The summed E-state index contributed by atoms with van der Waals surface area (Å²) < 4.78 is 0. The Morgan fingerprint density at radius 1 is 1.19 bits per heavy atom. The average molecular weight is 259 g/mol. The van der Waals surface area contributed by atoms with Crippen LogP contribution in [0.25, 0.3) is 0 Å². The lowest BCUT2D eigenvalue weighted by atomic mass is 9.87. The van der Waals surface area contributed by atoms with Crippen LogP contribution in [0.1, 0.15) is 55.9 Å². The molecule has 0 aromatic carbocycles. The number of aliphatic hydroxyl groups is 1. The summed E-state index contributed by atoms with van der Waals surface area (Å²) in [7, 11) is 0. The molecule has 1 N–H and O–H groups in total. The first kappa shape index (κ1) is 12.4. The van der Waals surface area contributed by atoms with Crippen LogP contribution in [-0.2, 0) is 0 Å². The van der Waals surface area contributed by atoms with Gasteiger partial charge in [-0.25, -0.2) is 0 Å². The van der Waals surface area contributed by atoms with Gasteiger partial charge in [-0.1, -0.05) is 43.7 Å². The molecule has 1 aliphatic carbocycles. The first-order valence-corrected chi connectivity index (χ1v) is 7.46. The van der Waals surface area contributed by atoms with Gasteiger partial charge in [0.25, 0.3) is 0 Å². The predicted molar refractivity (Wildman–Crippen MR) is 70.1 cm³/mol. The lowest BCUT2D eigenvalue weighted by Crippen LogP contribution is -2.13. The minimum absolute atomic E-state index is 0.342. The van der Waals surface area contributed by atoms with Crippen LogP contribution in [0.5, 0.6) is 0 Å². The molecule has 1 fully saturated rings. The van der Waals surface area contributed by atoms with Gasteiger partial charge in [0.05, 0.1) is 16.0 Å². The molecule has 0 saturated heterocycles. The average Bonchev–Trinajstić information content (AvgIpc) is 2.63. The molecular formula is C13H19ClOS. The highest BCUT2D eigenvalue weighted by molar-refractivity contribution is 7.10. The second kappa shape index (κ2) is 6.04. The van der Waals surface area contributed by atoms with Crippen molar-refractivity contribution in [2.45, 2.75) is 51.0 Å². The van der Waals surface area contributed by atoms with E-state index in [1.165, 1.54) is 32.1 Å². The van der Waals surface area contributed by atoms with E-state index in [0.29, 0.717) is 5.92 Å². The first-order valence-electron chi connectivity index (χ1n) is 6.20. The zero-order valence-corrected chi connectivity index (χ0v) is 11.1. The molecule has 1 atom stereocenters. The van der Waals surface area contributed by atoms with Crippen molar-refractivity contribution in [1.29, 1.82) is 0 Å². The van der Waals surface area contributed by atoms with Crippen LogP contribution in [0.2, 0.25) is 5.02 Å². The van der Waals surface area contributed by atoms with Gasteiger partial charge < -0.3 is 5.11 Å². The van der Waals surface area contributed by atoms with E-state index in [9.17, 15) is 5.11 Å². The normalized spacial score (nSPS) is 21.4. The standard InChI is InChI=1S/C13H19ClOS/c14-11-8-9-16-13(11)12(15)10-6-4-2-1-3-5-7-10/h8-10,12,15H,1-7H2. The smallest absolute Gasteiger partial charge is 0.0924 e. The van der Waals surface area contributed by atoms with Gasteiger partial charge in [-0.05, 0) is 30.2 Å². The summed E-state index contributed by atoms with van der Waals surface area (Å²) in [6.07, 6.45) is 8.47. The van der Waals surface area contributed by atoms with Crippen molar-refractivity contribution in [2.75, 3.05) is 0 Å². The van der Waals surface area contributed by atoms with Crippen LogP contribution in [0.4, 0.5) is 0 Å². The molecule has 16 heavy (non-hydrogen) atoms. The van der Waals surface area contributed by atoms with Crippen molar-refractivity contribution in [3.8, 4) is 0 Å². The van der Waals surface area contributed by atoms with E-state index in [2.05, 4.69) is 0 Å². The monoisotopic (exact) mass is 258 g/mol. The molecule has 1 aromatic rings. The van der Waals surface area contributed by atoms with E-state index in [1.54, 1.807) is 11.3 Å². The number of halogens is 1. The Kier molecular flexibility index (Phi) is 4.68. The summed E-state index contributed by atoms with van der Waals surface area (Å²) in [5.74, 6) is 0.413. The van der Waals surface area contributed by atoms with Crippen molar-refractivity contribution < 1.29 is 5.11 Å². The molecule has 0 bridgehead atoms. The molecular weight excluding hydrogens is 240 g/mol. The number of hydrogen-bond acceptors (Lipinski definition) is 2. The summed E-state index contributed by atoms with van der Waals surface area (Å²) in [4.78, 5) is 0.965. The van der Waals surface area contributed by atoms with Crippen molar-refractivity contribution >= 4 is 22.9 Å². The minimum Gasteiger partial charge on any atom is -0.387 e. The fraction of sp³-hybridized carbons (Fsp3) is 0.692. The molecule has 1 aliphatic rings. The van der Waals surface area contributed by atoms with Crippen molar-refractivity contribution in [1.82, 2.24) is 0 Å². The maximum Gasteiger partial charge on any atom is 0.0924 e. The van der Waals surface area contributed by atoms with Crippen LogP contribution in [0.3, 0.4) is 0 Å². The van der Waals surface area contributed by atoms with Gasteiger partial charge in [0.2, 0.25) is 0 Å². The summed E-state index contributed by atoms with van der Waals surface area (Å²) in [5, 5.41) is 13.1. The van der Waals surface area contributed by atoms with E-state index in [-0.39, 0.29) is 6.10 Å². The number of rotatable bonds is 2. The second-order valence-electron chi connectivity index (χ2n) is 4.68. The molecule has 2 rings (SSSR count). The SMILES string of the molecule is OC(c1sccc1Cl)C1CCCCCCC1. The van der Waals surface area contributed by atoms with Gasteiger partial charge in [0, 0.05) is 0 Å². The van der Waals surface area contributed by atoms with Gasteiger partial charge in [0.15, 0.2) is 0 Å². The highest BCUT2D eigenvalue weighted by atomic mass is 35.5. The summed E-state index contributed by atoms with van der Waals surface area (Å²) >= 11 is 7.66. The predicted octanol–water partition coefficient (Wildman–Crippen LogP) is 4.80. The quantitative estimate of drug-likeness (QED) is 0.808. The van der Waals surface area contributed by atoms with Crippen molar-refractivity contribution in [3.63, 3.8) is 0 Å². The van der Waals surface area contributed by atoms with E-state index in [4.69, 9.17) is 11.6 Å². The molecule has 0 radical (unpaired) electrons. The molecule has 90 valence electrons. The minimum atomic E-state index is -0.342. The fourth-order valence-electron chi connectivity index (χ4n) is 2.53. The Bertz CT molecular complexity index is 315. The van der Waals surface area contributed by atoms with E-state index in [1.807, 2.05) is 11.4 Å². The zero-order chi connectivity index (χ0) is 11.4. The maximum absolute atomic E-state index is 10.4. The Morgan fingerprint density at radius 3 is 2.38 bits per heavy atom. The van der Waals surface area contributed by atoms with Gasteiger partial charge in [0.1, 0.15) is 0 Å². The largest absolute Gasteiger partial charge is 0.387 e. The van der Waals surface area contributed by atoms with Gasteiger partial charge >= 0.3 is 0 Å². The summed E-state index contributed by atoms with van der Waals surface area (Å²) in [5.41, 5.74) is 0. The maximum atomic E-state index is 10.4. The van der Waals surface area contributed by atoms with Gasteiger partial charge in [-0.2, -0.15) is 0 Å². The Labute approximate surface area is 106 Å². The molecule has 1 heterocycles. The third kappa shape index (κ3) is 2.99. The third-order valence-corrected chi connectivity index (χ3v) is 4.94. The zero-order valence-electron chi connectivity index (χ0n) is 9.49. The highest BCUT2D eigenvalue weighted by Crippen LogP contribution is 2.38. The van der Waals surface area contributed by atoms with Crippen LogP contribution in [0, 0.1) is 5.92 Å². The summed E-state index contributed by atoms with van der Waals surface area (Å²) in [6.45, 7) is 0. The van der Waals surface area contributed by atoms with Crippen molar-refractivity contribution in [2.24, 2.45) is 5.92 Å². The number of aliphatic hydroxyl groups excluding tert-OH is 1. The van der Waals surface area contributed by atoms with Crippen LogP contribution < -0.4 is 0 Å². The van der Waals surface area contributed by atoms with Gasteiger partial charge in [-0.3, -0.25) is 0 Å². The molecule has 1 saturated carbocycles. The van der Waals surface area contributed by atoms with E-state index >= 15 is 0 Å². The third-order valence-electron chi connectivity index (χ3n) is 3.51. The number of hydrogen-bond donors (Lipinski definition) is 1. The van der Waals surface area contributed by atoms with Crippen LogP contribution in [-0.4, -0.2) is 5.11 Å².